The zero-order valence-corrected chi connectivity index (χ0v) is 13.0. The molecule has 2 unspecified atom stereocenters. The van der Waals surface area contributed by atoms with E-state index < -0.39 is 5.54 Å². The molecule has 0 aliphatic heterocycles. The lowest BCUT2D eigenvalue weighted by atomic mass is 9.90. The Bertz CT molecular complexity index is 315. The Morgan fingerprint density at radius 2 is 2.00 bits per heavy atom. The Kier molecular flexibility index (Phi) is 5.85. The molecule has 0 bridgehead atoms. The van der Waals surface area contributed by atoms with Crippen LogP contribution >= 0.6 is 0 Å². The number of methoxy groups -OCH3 is 1. The van der Waals surface area contributed by atoms with Crippen LogP contribution in [-0.4, -0.2) is 37.9 Å². The number of rotatable bonds is 6. The molecule has 20 heavy (non-hydrogen) atoms. The first-order valence-electron chi connectivity index (χ1n) is 8.15. The van der Waals surface area contributed by atoms with Crippen LogP contribution in [0.15, 0.2) is 0 Å². The highest BCUT2D eigenvalue weighted by atomic mass is 16.5. The topological polar surface area (TPSA) is 47.6 Å². The molecule has 4 heteroatoms. The number of hydrogen-bond acceptors (Lipinski definition) is 4. The van der Waals surface area contributed by atoms with E-state index in [1.165, 1.54) is 39.2 Å². The van der Waals surface area contributed by atoms with Crippen LogP contribution in [0, 0.1) is 5.92 Å². The number of esters is 1. The maximum atomic E-state index is 12.0. The minimum atomic E-state index is -0.513. The molecule has 0 heterocycles. The van der Waals surface area contributed by atoms with E-state index in [-0.39, 0.29) is 12.1 Å². The summed E-state index contributed by atoms with van der Waals surface area (Å²) >= 11 is 0. The molecular weight excluding hydrogens is 254 g/mol. The van der Waals surface area contributed by atoms with Crippen LogP contribution < -0.4 is 5.32 Å². The molecule has 116 valence electrons. The summed E-state index contributed by atoms with van der Waals surface area (Å²) in [6.07, 6.45) is 9.42. The fourth-order valence-corrected chi connectivity index (χ4v) is 3.72. The molecule has 2 fully saturated rings. The van der Waals surface area contributed by atoms with E-state index in [9.17, 15) is 4.79 Å². The third-order valence-corrected chi connectivity index (χ3v) is 4.85. The molecule has 0 spiro atoms. The maximum Gasteiger partial charge on any atom is 0.326 e. The predicted octanol–water partition coefficient (Wildman–Crippen LogP) is 2.66. The number of ether oxygens (including phenoxy) is 2. The smallest absolute Gasteiger partial charge is 0.326 e. The third-order valence-electron chi connectivity index (χ3n) is 4.85. The minimum absolute atomic E-state index is 0.136. The molecule has 0 aromatic rings. The summed E-state index contributed by atoms with van der Waals surface area (Å²) in [6, 6.07) is 0. The molecule has 0 aromatic carbocycles. The fraction of sp³-hybridized carbons (Fsp3) is 0.938. The van der Waals surface area contributed by atoms with Crippen LogP contribution in [0.1, 0.15) is 58.3 Å². The summed E-state index contributed by atoms with van der Waals surface area (Å²) in [5.41, 5.74) is -0.513. The highest BCUT2D eigenvalue weighted by Gasteiger charge is 2.46. The second-order valence-electron chi connectivity index (χ2n) is 6.31. The normalized spacial score (nSPS) is 31.4. The van der Waals surface area contributed by atoms with E-state index in [4.69, 9.17) is 9.47 Å². The lowest BCUT2D eigenvalue weighted by Crippen LogP contribution is -2.51. The van der Waals surface area contributed by atoms with Crippen molar-refractivity contribution in [3.8, 4) is 0 Å². The zero-order valence-electron chi connectivity index (χ0n) is 13.0. The van der Waals surface area contributed by atoms with Gasteiger partial charge in [-0.1, -0.05) is 26.2 Å². The first-order valence-corrected chi connectivity index (χ1v) is 8.15. The van der Waals surface area contributed by atoms with Gasteiger partial charge in [-0.15, -0.1) is 0 Å². The molecule has 0 radical (unpaired) electrons. The molecule has 0 amide bonds. The van der Waals surface area contributed by atoms with Crippen molar-refractivity contribution in [3.63, 3.8) is 0 Å². The second kappa shape index (κ2) is 7.41. The van der Waals surface area contributed by atoms with Gasteiger partial charge in [-0.2, -0.15) is 0 Å². The Morgan fingerprint density at radius 3 is 2.65 bits per heavy atom. The van der Waals surface area contributed by atoms with Crippen LogP contribution in [-0.2, 0) is 14.3 Å². The maximum absolute atomic E-state index is 12.0. The highest BCUT2D eigenvalue weighted by Crippen LogP contribution is 2.34. The first-order chi connectivity index (χ1) is 9.70. The Hall–Kier alpha value is -0.610. The molecule has 0 saturated heterocycles. The van der Waals surface area contributed by atoms with Gasteiger partial charge in [0.1, 0.15) is 5.54 Å². The van der Waals surface area contributed by atoms with Crippen LogP contribution in [0.4, 0.5) is 0 Å². The van der Waals surface area contributed by atoms with Crippen molar-refractivity contribution in [3.05, 3.63) is 0 Å². The van der Waals surface area contributed by atoms with Crippen molar-refractivity contribution in [1.82, 2.24) is 5.32 Å². The van der Waals surface area contributed by atoms with Gasteiger partial charge in [0.25, 0.3) is 0 Å². The van der Waals surface area contributed by atoms with Crippen LogP contribution in [0.3, 0.4) is 0 Å². The SMILES string of the molecule is CCNC1(C(=O)OC)CCC(OCC2CCCCC2)C1. The van der Waals surface area contributed by atoms with Gasteiger partial charge in [0.05, 0.1) is 13.2 Å². The lowest BCUT2D eigenvalue weighted by Gasteiger charge is -2.27. The number of carbonyl (C=O) groups is 1. The molecule has 2 atom stereocenters. The predicted molar refractivity (Wildman–Crippen MR) is 78.6 cm³/mol. The average Bonchev–Trinajstić information content (AvgIpc) is 2.90. The third kappa shape index (κ3) is 3.73. The van der Waals surface area contributed by atoms with Gasteiger partial charge in [-0.25, -0.2) is 0 Å². The van der Waals surface area contributed by atoms with Gasteiger partial charge in [-0.05, 0) is 38.1 Å². The molecule has 0 aromatic heterocycles. The lowest BCUT2D eigenvalue weighted by molar-refractivity contribution is -0.148. The van der Waals surface area contributed by atoms with Crippen LogP contribution in [0.5, 0.6) is 0 Å². The highest BCUT2D eigenvalue weighted by molar-refractivity contribution is 5.81. The molecule has 2 saturated carbocycles. The van der Waals surface area contributed by atoms with Crippen molar-refractivity contribution in [2.75, 3.05) is 20.3 Å². The van der Waals surface area contributed by atoms with Gasteiger partial charge in [0.2, 0.25) is 0 Å². The molecule has 1 N–H and O–H groups in total. The summed E-state index contributed by atoms with van der Waals surface area (Å²) in [5, 5.41) is 3.32. The largest absolute Gasteiger partial charge is 0.468 e. The van der Waals surface area contributed by atoms with Crippen molar-refractivity contribution >= 4 is 5.97 Å². The number of hydrogen-bond donors (Lipinski definition) is 1. The van der Waals surface area contributed by atoms with Gasteiger partial charge in [0.15, 0.2) is 0 Å². The van der Waals surface area contributed by atoms with Gasteiger partial charge < -0.3 is 14.8 Å². The average molecular weight is 283 g/mol. The van der Waals surface area contributed by atoms with E-state index in [2.05, 4.69) is 5.32 Å². The summed E-state index contributed by atoms with van der Waals surface area (Å²) in [6.45, 7) is 3.68. The molecule has 2 aliphatic rings. The molecular formula is C16H29NO3. The number of nitrogens with one attached hydrogen (secondary N) is 1. The summed E-state index contributed by atoms with van der Waals surface area (Å²) < 4.78 is 11.1. The Morgan fingerprint density at radius 1 is 1.25 bits per heavy atom. The Balaban J connectivity index is 1.81. The summed E-state index contributed by atoms with van der Waals surface area (Å²) in [5.74, 6) is 0.596. The van der Waals surface area contributed by atoms with Crippen molar-refractivity contribution in [2.45, 2.75) is 69.9 Å². The van der Waals surface area contributed by atoms with E-state index in [0.29, 0.717) is 0 Å². The number of likely N-dealkylation sites (N-methyl/N-ethyl adjacent to an activating group) is 1. The van der Waals surface area contributed by atoms with E-state index >= 15 is 0 Å². The monoisotopic (exact) mass is 283 g/mol. The second-order valence-corrected chi connectivity index (χ2v) is 6.31. The van der Waals surface area contributed by atoms with Crippen LogP contribution in [0.2, 0.25) is 0 Å². The van der Waals surface area contributed by atoms with E-state index in [1.54, 1.807) is 0 Å². The molecule has 2 aliphatic carbocycles. The summed E-state index contributed by atoms with van der Waals surface area (Å²) in [4.78, 5) is 12.0. The van der Waals surface area contributed by atoms with Crippen LogP contribution in [0.25, 0.3) is 0 Å². The fourth-order valence-electron chi connectivity index (χ4n) is 3.72. The van der Waals surface area contributed by atoms with Gasteiger partial charge in [0, 0.05) is 13.0 Å². The van der Waals surface area contributed by atoms with Crippen molar-refractivity contribution in [1.29, 1.82) is 0 Å². The quantitative estimate of drug-likeness (QED) is 0.761. The van der Waals surface area contributed by atoms with Gasteiger partial charge >= 0.3 is 5.97 Å². The standard InChI is InChI=1S/C16H29NO3/c1-3-17-16(15(18)19-2)10-9-14(11-16)20-12-13-7-5-4-6-8-13/h13-14,17H,3-12H2,1-2H3. The van der Waals surface area contributed by atoms with Crippen molar-refractivity contribution in [2.24, 2.45) is 5.92 Å². The first kappa shape index (κ1) is 15.8. The zero-order chi connectivity index (χ0) is 14.4. The van der Waals surface area contributed by atoms with E-state index in [0.717, 1.165) is 38.3 Å². The Labute approximate surface area is 122 Å². The number of carbonyl (C=O) groups excluding carboxylic acids is 1. The van der Waals surface area contributed by atoms with Gasteiger partial charge in [-0.3, -0.25) is 4.79 Å². The molecule has 2 rings (SSSR count). The van der Waals surface area contributed by atoms with E-state index in [1.807, 2.05) is 6.92 Å². The van der Waals surface area contributed by atoms with Crippen molar-refractivity contribution < 1.29 is 14.3 Å². The minimum Gasteiger partial charge on any atom is -0.468 e. The summed E-state index contributed by atoms with van der Waals surface area (Å²) in [7, 11) is 1.47. The molecule has 4 nitrogen and oxygen atoms in total.